The number of likely N-dealkylation sites (N-methyl/N-ethyl adjacent to an activating group) is 2. The van der Waals surface area contributed by atoms with Crippen molar-refractivity contribution in [3.05, 3.63) is 0 Å². The van der Waals surface area contributed by atoms with Crippen molar-refractivity contribution >= 4 is 0 Å². The van der Waals surface area contributed by atoms with Gasteiger partial charge in [0, 0.05) is 12.1 Å². The van der Waals surface area contributed by atoms with Gasteiger partial charge in [-0.2, -0.15) is 0 Å². The Hall–Kier alpha value is -0.0800. The molecule has 13 heavy (non-hydrogen) atoms. The molecule has 2 unspecified atom stereocenters. The van der Waals surface area contributed by atoms with E-state index >= 15 is 0 Å². The van der Waals surface area contributed by atoms with E-state index in [1.165, 1.54) is 38.6 Å². The summed E-state index contributed by atoms with van der Waals surface area (Å²) in [6.07, 6.45) is 6.78. The topological polar surface area (TPSA) is 15.3 Å². The second-order valence-electron chi connectivity index (χ2n) is 4.23. The van der Waals surface area contributed by atoms with Crippen molar-refractivity contribution in [2.75, 3.05) is 20.6 Å². The van der Waals surface area contributed by atoms with Gasteiger partial charge < -0.3 is 10.2 Å². The van der Waals surface area contributed by atoms with E-state index in [-0.39, 0.29) is 0 Å². The van der Waals surface area contributed by atoms with E-state index in [1.54, 1.807) is 0 Å². The fourth-order valence-corrected chi connectivity index (χ4v) is 2.38. The van der Waals surface area contributed by atoms with Crippen molar-refractivity contribution in [1.29, 1.82) is 0 Å². The zero-order valence-electron chi connectivity index (χ0n) is 9.34. The number of nitrogens with zero attached hydrogens (tertiary/aromatic N) is 1. The summed E-state index contributed by atoms with van der Waals surface area (Å²) in [5.41, 5.74) is 0. The Bertz CT molecular complexity index is 136. The molecule has 1 fully saturated rings. The average Bonchev–Trinajstić information content (AvgIpc) is 2.61. The van der Waals surface area contributed by atoms with Crippen molar-refractivity contribution in [2.45, 2.75) is 51.1 Å². The second kappa shape index (κ2) is 5.61. The summed E-state index contributed by atoms with van der Waals surface area (Å²) in [5, 5.41) is 3.43. The van der Waals surface area contributed by atoms with Crippen molar-refractivity contribution < 1.29 is 0 Å². The molecular formula is C11H24N2. The first-order valence-corrected chi connectivity index (χ1v) is 5.67. The maximum absolute atomic E-state index is 3.43. The van der Waals surface area contributed by atoms with E-state index in [0.29, 0.717) is 0 Å². The van der Waals surface area contributed by atoms with Gasteiger partial charge >= 0.3 is 0 Å². The van der Waals surface area contributed by atoms with Gasteiger partial charge in [-0.25, -0.2) is 0 Å². The average molecular weight is 184 g/mol. The zero-order valence-corrected chi connectivity index (χ0v) is 9.34. The summed E-state index contributed by atoms with van der Waals surface area (Å²) in [5.74, 6) is 0. The lowest BCUT2D eigenvalue weighted by atomic mass is 10.1. The molecule has 1 rings (SSSR count). The van der Waals surface area contributed by atoms with Crippen molar-refractivity contribution in [2.24, 2.45) is 0 Å². The summed E-state index contributed by atoms with van der Waals surface area (Å²) < 4.78 is 0. The van der Waals surface area contributed by atoms with Gasteiger partial charge in [0.05, 0.1) is 0 Å². The number of rotatable bonds is 5. The van der Waals surface area contributed by atoms with Crippen LogP contribution < -0.4 is 5.32 Å². The van der Waals surface area contributed by atoms with Crippen LogP contribution in [0.5, 0.6) is 0 Å². The SMILES string of the molecule is CCCCN(C)C1CCCC1NC. The molecule has 1 aliphatic carbocycles. The quantitative estimate of drug-likeness (QED) is 0.701. The van der Waals surface area contributed by atoms with E-state index in [9.17, 15) is 0 Å². The van der Waals surface area contributed by atoms with Gasteiger partial charge in [0.2, 0.25) is 0 Å². The molecule has 2 nitrogen and oxygen atoms in total. The van der Waals surface area contributed by atoms with Gasteiger partial charge in [-0.1, -0.05) is 19.8 Å². The smallest absolute Gasteiger partial charge is 0.0246 e. The molecule has 1 N–H and O–H groups in total. The predicted octanol–water partition coefficient (Wildman–Crippen LogP) is 1.86. The number of hydrogen-bond donors (Lipinski definition) is 1. The summed E-state index contributed by atoms with van der Waals surface area (Å²) in [6.45, 7) is 3.53. The Balaban J connectivity index is 2.31. The molecule has 0 aromatic carbocycles. The van der Waals surface area contributed by atoms with E-state index in [2.05, 4.69) is 31.2 Å². The molecule has 0 aliphatic heterocycles. The molecule has 2 atom stereocenters. The van der Waals surface area contributed by atoms with Gasteiger partial charge in [0.15, 0.2) is 0 Å². The Morgan fingerprint density at radius 1 is 1.38 bits per heavy atom. The largest absolute Gasteiger partial charge is 0.315 e. The van der Waals surface area contributed by atoms with Crippen molar-refractivity contribution in [3.8, 4) is 0 Å². The second-order valence-corrected chi connectivity index (χ2v) is 4.23. The van der Waals surface area contributed by atoms with Gasteiger partial charge in [0.1, 0.15) is 0 Å². The first kappa shape index (κ1) is 11.0. The fraction of sp³-hybridized carbons (Fsp3) is 1.00. The minimum absolute atomic E-state index is 0.738. The standard InChI is InChI=1S/C11H24N2/c1-4-5-9-13(3)11-8-6-7-10(11)12-2/h10-12H,4-9H2,1-3H3. The molecule has 0 saturated heterocycles. The minimum atomic E-state index is 0.738. The summed E-state index contributed by atoms with van der Waals surface area (Å²) in [6, 6.07) is 1.53. The highest BCUT2D eigenvalue weighted by atomic mass is 15.2. The summed E-state index contributed by atoms with van der Waals surface area (Å²) in [4.78, 5) is 2.54. The van der Waals surface area contributed by atoms with Crippen LogP contribution in [0.25, 0.3) is 0 Å². The van der Waals surface area contributed by atoms with Crippen LogP contribution in [-0.2, 0) is 0 Å². The van der Waals surface area contributed by atoms with E-state index in [0.717, 1.165) is 12.1 Å². The molecule has 78 valence electrons. The third kappa shape index (κ3) is 2.96. The molecule has 0 aromatic rings. The maximum Gasteiger partial charge on any atom is 0.0246 e. The molecule has 0 spiro atoms. The molecule has 0 aromatic heterocycles. The third-order valence-corrected chi connectivity index (χ3v) is 3.28. The van der Waals surface area contributed by atoms with Gasteiger partial charge in [-0.15, -0.1) is 0 Å². The predicted molar refractivity (Wildman–Crippen MR) is 58.0 cm³/mol. The molecule has 1 saturated carbocycles. The minimum Gasteiger partial charge on any atom is -0.315 e. The fourth-order valence-electron chi connectivity index (χ4n) is 2.38. The van der Waals surface area contributed by atoms with Crippen LogP contribution in [0.3, 0.4) is 0 Å². The van der Waals surface area contributed by atoms with E-state index in [4.69, 9.17) is 0 Å². The van der Waals surface area contributed by atoms with Crippen LogP contribution in [0.2, 0.25) is 0 Å². The Morgan fingerprint density at radius 3 is 2.77 bits per heavy atom. The Morgan fingerprint density at radius 2 is 2.15 bits per heavy atom. The highest BCUT2D eigenvalue weighted by Gasteiger charge is 2.28. The normalized spacial score (nSPS) is 28.6. The summed E-state index contributed by atoms with van der Waals surface area (Å²) in [7, 11) is 4.37. The third-order valence-electron chi connectivity index (χ3n) is 3.28. The van der Waals surface area contributed by atoms with Gasteiger partial charge in [0.25, 0.3) is 0 Å². The molecule has 0 heterocycles. The Labute approximate surface area is 82.7 Å². The van der Waals surface area contributed by atoms with E-state index in [1.807, 2.05) is 0 Å². The van der Waals surface area contributed by atoms with Gasteiger partial charge in [-0.3, -0.25) is 0 Å². The maximum atomic E-state index is 3.43. The van der Waals surface area contributed by atoms with Crippen molar-refractivity contribution in [1.82, 2.24) is 10.2 Å². The summed E-state index contributed by atoms with van der Waals surface area (Å²) >= 11 is 0. The number of hydrogen-bond acceptors (Lipinski definition) is 2. The highest BCUT2D eigenvalue weighted by molar-refractivity contribution is 4.88. The van der Waals surface area contributed by atoms with Gasteiger partial charge in [-0.05, 0) is 39.9 Å². The number of unbranched alkanes of at least 4 members (excludes halogenated alkanes) is 1. The Kier molecular flexibility index (Phi) is 4.74. The molecule has 0 amide bonds. The molecule has 2 heteroatoms. The van der Waals surface area contributed by atoms with E-state index < -0.39 is 0 Å². The van der Waals surface area contributed by atoms with Crippen LogP contribution in [0.1, 0.15) is 39.0 Å². The molecule has 0 radical (unpaired) electrons. The zero-order chi connectivity index (χ0) is 9.68. The van der Waals surface area contributed by atoms with Crippen LogP contribution in [0.15, 0.2) is 0 Å². The monoisotopic (exact) mass is 184 g/mol. The molecular weight excluding hydrogens is 160 g/mol. The first-order valence-electron chi connectivity index (χ1n) is 5.67. The highest BCUT2D eigenvalue weighted by Crippen LogP contribution is 2.23. The lowest BCUT2D eigenvalue weighted by Crippen LogP contribution is -2.44. The van der Waals surface area contributed by atoms with Crippen LogP contribution in [0, 0.1) is 0 Å². The van der Waals surface area contributed by atoms with Crippen LogP contribution in [0.4, 0.5) is 0 Å². The number of nitrogens with one attached hydrogen (secondary N) is 1. The lowest BCUT2D eigenvalue weighted by molar-refractivity contribution is 0.213. The first-order chi connectivity index (χ1) is 6.29. The van der Waals surface area contributed by atoms with Crippen LogP contribution in [-0.4, -0.2) is 37.6 Å². The van der Waals surface area contributed by atoms with Crippen molar-refractivity contribution in [3.63, 3.8) is 0 Å². The lowest BCUT2D eigenvalue weighted by Gasteiger charge is -2.29. The van der Waals surface area contributed by atoms with Crippen LogP contribution >= 0.6 is 0 Å². The molecule has 1 aliphatic rings. The molecule has 0 bridgehead atoms.